The number of aromatic nitrogens is 1. The van der Waals surface area contributed by atoms with Gasteiger partial charge in [-0.1, -0.05) is 23.1 Å². The van der Waals surface area contributed by atoms with Gasteiger partial charge in [-0.25, -0.2) is 0 Å². The number of aliphatic carboxylic acids is 1. The highest BCUT2D eigenvalue weighted by Gasteiger charge is 2.31. The minimum atomic E-state index is -1.03. The van der Waals surface area contributed by atoms with E-state index in [1.807, 2.05) is 0 Å². The number of hydrogen-bond donors (Lipinski definition) is 2. The van der Waals surface area contributed by atoms with Crippen molar-refractivity contribution in [3.63, 3.8) is 0 Å². The predicted octanol–water partition coefficient (Wildman–Crippen LogP) is 2.44. The molecule has 2 heterocycles. The van der Waals surface area contributed by atoms with Gasteiger partial charge < -0.3 is 10.1 Å². The molecule has 1 unspecified atom stereocenters. The highest BCUT2D eigenvalue weighted by Crippen LogP contribution is 2.41. The van der Waals surface area contributed by atoms with Gasteiger partial charge in [-0.15, -0.1) is 0 Å². The van der Waals surface area contributed by atoms with Crippen molar-refractivity contribution in [1.82, 2.24) is 4.98 Å². The molecule has 0 bridgehead atoms. The van der Waals surface area contributed by atoms with Crippen LogP contribution in [-0.2, 0) is 4.79 Å². The average Bonchev–Trinajstić information content (AvgIpc) is 2.85. The number of benzene rings is 1. The Morgan fingerprint density at radius 2 is 2.00 bits per heavy atom. The first-order valence-electron chi connectivity index (χ1n) is 6.04. The number of nitrogens with one attached hydrogen (secondary N) is 1. The van der Waals surface area contributed by atoms with Crippen LogP contribution in [0.2, 0.25) is 0 Å². The number of fused-ring (bicyclic) bond motifs is 1. The Morgan fingerprint density at radius 1 is 1.32 bits per heavy atom. The third-order valence-electron chi connectivity index (χ3n) is 3.08. The van der Waals surface area contributed by atoms with Gasteiger partial charge in [0.1, 0.15) is 5.25 Å². The highest BCUT2D eigenvalue weighted by atomic mass is 32.2. The Morgan fingerprint density at radius 3 is 2.59 bits per heavy atom. The van der Waals surface area contributed by atoms with Crippen molar-refractivity contribution in [2.75, 3.05) is 0 Å². The molecule has 0 radical (unpaired) electrons. The van der Waals surface area contributed by atoms with Gasteiger partial charge in [-0.2, -0.15) is 0 Å². The summed E-state index contributed by atoms with van der Waals surface area (Å²) in [4.78, 5) is 36.1. The predicted molar refractivity (Wildman–Crippen MR) is 83.2 cm³/mol. The zero-order chi connectivity index (χ0) is 15.9. The number of aromatic amines is 1. The van der Waals surface area contributed by atoms with Crippen molar-refractivity contribution in [3.05, 3.63) is 54.5 Å². The number of non-ortho nitro benzene ring substituents is 1. The molecule has 2 N–H and O–H groups in total. The van der Waals surface area contributed by atoms with E-state index in [2.05, 4.69) is 4.98 Å². The smallest absolute Gasteiger partial charge is 0.321 e. The van der Waals surface area contributed by atoms with Crippen molar-refractivity contribution >= 4 is 46.4 Å². The Bertz CT molecular complexity index is 850. The quantitative estimate of drug-likeness (QED) is 0.657. The molecule has 1 aromatic carbocycles. The van der Waals surface area contributed by atoms with Gasteiger partial charge in [0.15, 0.2) is 0 Å². The molecular weight excluding hydrogens is 328 g/mol. The molecule has 112 valence electrons. The summed E-state index contributed by atoms with van der Waals surface area (Å²) >= 11 is 2.05. The second kappa shape index (κ2) is 5.43. The number of nitro benzene ring substituents is 1. The van der Waals surface area contributed by atoms with Crippen molar-refractivity contribution in [2.45, 2.75) is 10.3 Å². The summed E-state index contributed by atoms with van der Waals surface area (Å²) in [7, 11) is 0. The summed E-state index contributed by atoms with van der Waals surface area (Å²) in [5.41, 5.74) is 1.03. The van der Waals surface area contributed by atoms with Gasteiger partial charge in [0.05, 0.1) is 14.8 Å². The second-order valence-electron chi connectivity index (χ2n) is 4.45. The molecule has 9 heteroatoms. The molecule has 1 aliphatic rings. The van der Waals surface area contributed by atoms with Crippen LogP contribution in [0.15, 0.2) is 34.1 Å². The molecule has 1 aromatic heterocycles. The minimum Gasteiger partial charge on any atom is -0.480 e. The molecule has 0 spiro atoms. The van der Waals surface area contributed by atoms with Crippen molar-refractivity contribution in [1.29, 1.82) is 0 Å². The van der Waals surface area contributed by atoms with E-state index in [0.717, 1.165) is 23.1 Å². The summed E-state index contributed by atoms with van der Waals surface area (Å²) < 4.78 is 0. The van der Waals surface area contributed by atoms with Crippen LogP contribution in [0.3, 0.4) is 0 Å². The molecule has 2 aromatic rings. The number of carboxylic acids is 1. The largest absolute Gasteiger partial charge is 0.480 e. The summed E-state index contributed by atoms with van der Waals surface area (Å²) in [5.74, 6) is -1.03. The van der Waals surface area contributed by atoms with Crippen LogP contribution in [-0.4, -0.2) is 26.2 Å². The molecule has 22 heavy (non-hydrogen) atoms. The van der Waals surface area contributed by atoms with E-state index in [0.29, 0.717) is 21.0 Å². The SMILES string of the molecule is O=C(O)C1Sc2[nH]c(=O)sc2C=C1c1ccc([N+](=O)[O-])cc1. The fourth-order valence-electron chi connectivity index (χ4n) is 2.10. The topological polar surface area (TPSA) is 113 Å². The lowest BCUT2D eigenvalue weighted by Gasteiger charge is -2.20. The lowest BCUT2D eigenvalue weighted by molar-refractivity contribution is -0.384. The Balaban J connectivity index is 2.08. The number of nitro groups is 1. The molecule has 0 amide bonds. The Labute approximate surface area is 131 Å². The maximum absolute atomic E-state index is 11.5. The van der Waals surface area contributed by atoms with Crippen LogP contribution in [0.5, 0.6) is 0 Å². The third kappa shape index (κ3) is 2.55. The first kappa shape index (κ1) is 14.5. The number of carboxylic acid groups (broad SMARTS) is 1. The van der Waals surface area contributed by atoms with Crippen molar-refractivity contribution in [2.24, 2.45) is 0 Å². The molecule has 1 aliphatic heterocycles. The number of carbonyl (C=O) groups is 1. The van der Waals surface area contributed by atoms with E-state index >= 15 is 0 Å². The summed E-state index contributed by atoms with van der Waals surface area (Å²) in [6, 6.07) is 5.69. The number of thioether (sulfide) groups is 1. The van der Waals surface area contributed by atoms with Crippen molar-refractivity contribution < 1.29 is 14.8 Å². The van der Waals surface area contributed by atoms with Crippen LogP contribution in [0.25, 0.3) is 11.6 Å². The molecule has 0 saturated heterocycles. The van der Waals surface area contributed by atoms with E-state index < -0.39 is 16.1 Å². The molecule has 0 aliphatic carbocycles. The number of nitrogens with zero attached hydrogens (tertiary/aromatic N) is 1. The van der Waals surface area contributed by atoms with E-state index in [4.69, 9.17) is 0 Å². The maximum atomic E-state index is 11.5. The first-order valence-corrected chi connectivity index (χ1v) is 7.74. The monoisotopic (exact) mass is 336 g/mol. The fraction of sp³-hybridized carbons (Fsp3) is 0.0769. The Hall–Kier alpha value is -2.39. The van der Waals surface area contributed by atoms with Crippen LogP contribution in [0, 0.1) is 10.1 Å². The van der Waals surface area contributed by atoms with E-state index in [1.165, 1.54) is 24.3 Å². The summed E-state index contributed by atoms with van der Waals surface area (Å²) in [6.45, 7) is 0. The van der Waals surface area contributed by atoms with Gasteiger partial charge in [0.25, 0.3) is 5.69 Å². The maximum Gasteiger partial charge on any atom is 0.321 e. The van der Waals surface area contributed by atoms with Crippen LogP contribution in [0.4, 0.5) is 5.69 Å². The number of H-pyrrole nitrogens is 1. The molecule has 7 nitrogen and oxygen atoms in total. The number of thiazole rings is 1. The van der Waals surface area contributed by atoms with E-state index in [1.54, 1.807) is 6.08 Å². The lowest BCUT2D eigenvalue weighted by Crippen LogP contribution is -2.20. The van der Waals surface area contributed by atoms with Gasteiger partial charge in [0, 0.05) is 12.1 Å². The minimum absolute atomic E-state index is 0.0633. The highest BCUT2D eigenvalue weighted by molar-refractivity contribution is 8.01. The Kier molecular flexibility index (Phi) is 3.59. The molecule has 3 rings (SSSR count). The average molecular weight is 336 g/mol. The van der Waals surface area contributed by atoms with Crippen LogP contribution in [0.1, 0.15) is 10.4 Å². The number of rotatable bonds is 3. The zero-order valence-corrected chi connectivity index (χ0v) is 12.4. The number of hydrogen-bond acceptors (Lipinski definition) is 6. The van der Waals surface area contributed by atoms with E-state index in [9.17, 15) is 24.8 Å². The standard InChI is InChI=1S/C13H8N2O5S2/c16-12(17)10-8(5-9-11(22-10)14-13(18)21-9)6-1-3-7(4-2-6)15(19)20/h1-5,10H,(H,14,18)(H,16,17). The molecule has 1 atom stereocenters. The van der Waals surface area contributed by atoms with Gasteiger partial charge in [-0.05, 0) is 29.3 Å². The van der Waals surface area contributed by atoms with E-state index in [-0.39, 0.29) is 10.6 Å². The normalized spacial score (nSPS) is 16.7. The third-order valence-corrected chi connectivity index (χ3v) is 5.29. The molecule has 0 fully saturated rings. The lowest BCUT2D eigenvalue weighted by atomic mass is 10.0. The first-order chi connectivity index (χ1) is 10.5. The van der Waals surface area contributed by atoms with Gasteiger partial charge in [-0.3, -0.25) is 19.7 Å². The summed E-state index contributed by atoms with van der Waals surface area (Å²) in [5, 5.41) is 19.7. The summed E-state index contributed by atoms with van der Waals surface area (Å²) in [6.07, 6.45) is 1.65. The second-order valence-corrected chi connectivity index (χ2v) is 6.58. The van der Waals surface area contributed by atoms with Gasteiger partial charge in [0.2, 0.25) is 0 Å². The molecule has 0 saturated carbocycles. The molecular formula is C13H8N2O5S2. The van der Waals surface area contributed by atoms with Crippen LogP contribution >= 0.6 is 23.1 Å². The fourth-order valence-corrected chi connectivity index (χ4v) is 4.11. The van der Waals surface area contributed by atoms with Gasteiger partial charge >= 0.3 is 10.8 Å². The van der Waals surface area contributed by atoms with Crippen LogP contribution < -0.4 is 4.87 Å². The van der Waals surface area contributed by atoms with Crippen molar-refractivity contribution in [3.8, 4) is 0 Å². The zero-order valence-electron chi connectivity index (χ0n) is 10.8.